The van der Waals surface area contributed by atoms with Crippen LogP contribution < -0.4 is 10.6 Å². The number of anilines is 1. The molecular weight excluding hydrogens is 210 g/mol. The van der Waals surface area contributed by atoms with Crippen LogP contribution in [0, 0.1) is 0 Å². The Bertz CT molecular complexity index is 343. The molecule has 0 bridgehead atoms. The van der Waals surface area contributed by atoms with Gasteiger partial charge in [-0.15, -0.1) is 0 Å². The van der Waals surface area contributed by atoms with Gasteiger partial charge in [0, 0.05) is 25.3 Å². The summed E-state index contributed by atoms with van der Waals surface area (Å²) in [7, 11) is 0. The number of nitrogens with zero attached hydrogens (tertiary/aromatic N) is 2. The van der Waals surface area contributed by atoms with Gasteiger partial charge in [-0.2, -0.15) is 0 Å². The molecule has 0 spiro atoms. The summed E-state index contributed by atoms with van der Waals surface area (Å²) >= 11 is 0. The van der Waals surface area contributed by atoms with Crippen LogP contribution in [-0.2, 0) is 6.42 Å². The van der Waals surface area contributed by atoms with Crippen molar-refractivity contribution in [3.8, 4) is 0 Å². The van der Waals surface area contributed by atoms with E-state index in [4.69, 9.17) is 5.73 Å². The first-order valence-corrected chi connectivity index (χ1v) is 6.72. The smallest absolute Gasteiger partial charge is 0.131 e. The molecule has 1 aromatic heterocycles. The van der Waals surface area contributed by atoms with Crippen molar-refractivity contribution in [1.29, 1.82) is 0 Å². The van der Waals surface area contributed by atoms with Crippen LogP contribution >= 0.6 is 0 Å². The maximum absolute atomic E-state index is 5.83. The Labute approximate surface area is 104 Å². The van der Waals surface area contributed by atoms with Gasteiger partial charge in [-0.3, -0.25) is 0 Å². The summed E-state index contributed by atoms with van der Waals surface area (Å²) in [5.74, 6) is 1.19. The zero-order valence-electron chi connectivity index (χ0n) is 10.7. The Morgan fingerprint density at radius 1 is 1.35 bits per heavy atom. The van der Waals surface area contributed by atoms with E-state index in [-0.39, 0.29) is 6.04 Å². The van der Waals surface area contributed by atoms with Crippen LogP contribution in [0.3, 0.4) is 0 Å². The number of rotatable bonds is 4. The van der Waals surface area contributed by atoms with Gasteiger partial charge in [0.2, 0.25) is 0 Å². The van der Waals surface area contributed by atoms with Crippen LogP contribution in [0.2, 0.25) is 0 Å². The van der Waals surface area contributed by atoms with E-state index in [1.54, 1.807) is 0 Å². The molecular formula is C14H23N3. The highest BCUT2D eigenvalue weighted by molar-refractivity contribution is 5.47. The first kappa shape index (κ1) is 12.4. The molecule has 3 nitrogen and oxygen atoms in total. The van der Waals surface area contributed by atoms with Crippen molar-refractivity contribution in [3.05, 3.63) is 23.9 Å². The van der Waals surface area contributed by atoms with Crippen molar-refractivity contribution in [2.24, 2.45) is 5.73 Å². The highest BCUT2D eigenvalue weighted by atomic mass is 15.2. The molecule has 1 aliphatic rings. The fourth-order valence-electron chi connectivity index (χ4n) is 2.40. The maximum Gasteiger partial charge on any atom is 0.131 e. The van der Waals surface area contributed by atoms with Crippen LogP contribution in [0.15, 0.2) is 18.3 Å². The van der Waals surface area contributed by atoms with Crippen molar-refractivity contribution >= 4 is 5.82 Å². The molecule has 1 fully saturated rings. The van der Waals surface area contributed by atoms with Crippen molar-refractivity contribution in [1.82, 2.24) is 4.98 Å². The van der Waals surface area contributed by atoms with Crippen molar-refractivity contribution < 1.29 is 0 Å². The lowest BCUT2D eigenvalue weighted by molar-refractivity contribution is 0.570. The van der Waals surface area contributed by atoms with E-state index in [0.29, 0.717) is 0 Å². The third-order valence-electron chi connectivity index (χ3n) is 3.39. The molecule has 2 heterocycles. The number of aromatic nitrogens is 1. The normalized spacial score (nSPS) is 18.1. The van der Waals surface area contributed by atoms with Gasteiger partial charge in [0.05, 0.1) is 0 Å². The minimum atomic E-state index is 0.268. The van der Waals surface area contributed by atoms with E-state index in [2.05, 4.69) is 22.9 Å². The van der Waals surface area contributed by atoms with Crippen LogP contribution in [0.4, 0.5) is 5.82 Å². The van der Waals surface area contributed by atoms with Gasteiger partial charge in [0.15, 0.2) is 0 Å². The monoisotopic (exact) mass is 233 g/mol. The Hall–Kier alpha value is -1.09. The number of aryl methyl sites for hydroxylation is 1. The Kier molecular flexibility index (Phi) is 4.37. The predicted molar refractivity (Wildman–Crippen MR) is 72.3 cm³/mol. The van der Waals surface area contributed by atoms with Gasteiger partial charge in [-0.05, 0) is 50.7 Å². The Morgan fingerprint density at radius 2 is 2.12 bits per heavy atom. The molecule has 0 aromatic carbocycles. The number of nitrogens with two attached hydrogens (primary N) is 1. The van der Waals surface area contributed by atoms with Gasteiger partial charge in [0.25, 0.3) is 0 Å². The summed E-state index contributed by atoms with van der Waals surface area (Å²) in [6.07, 6.45) is 7.92. The SMILES string of the molecule is C[C@H](N)CCc1cccnc1N1CCCCC1. The lowest BCUT2D eigenvalue weighted by atomic mass is 10.1. The number of hydrogen-bond acceptors (Lipinski definition) is 3. The number of hydrogen-bond donors (Lipinski definition) is 1. The lowest BCUT2D eigenvalue weighted by Gasteiger charge is -2.29. The first-order valence-electron chi connectivity index (χ1n) is 6.72. The topological polar surface area (TPSA) is 42.1 Å². The van der Waals surface area contributed by atoms with E-state index in [9.17, 15) is 0 Å². The summed E-state index contributed by atoms with van der Waals surface area (Å²) in [4.78, 5) is 7.00. The van der Waals surface area contributed by atoms with Crippen LogP contribution in [-0.4, -0.2) is 24.1 Å². The molecule has 94 valence electrons. The first-order chi connectivity index (χ1) is 8.27. The lowest BCUT2D eigenvalue weighted by Crippen LogP contribution is -2.31. The van der Waals surface area contributed by atoms with Gasteiger partial charge >= 0.3 is 0 Å². The summed E-state index contributed by atoms with van der Waals surface area (Å²) in [5.41, 5.74) is 7.19. The minimum Gasteiger partial charge on any atom is -0.356 e. The molecule has 2 rings (SSSR count). The highest BCUT2D eigenvalue weighted by Gasteiger charge is 2.15. The largest absolute Gasteiger partial charge is 0.356 e. The average Bonchev–Trinajstić information content (AvgIpc) is 2.38. The molecule has 0 unspecified atom stereocenters. The Morgan fingerprint density at radius 3 is 2.82 bits per heavy atom. The maximum atomic E-state index is 5.83. The van der Waals surface area contributed by atoms with E-state index in [1.807, 2.05) is 12.3 Å². The summed E-state index contributed by atoms with van der Waals surface area (Å²) in [6, 6.07) is 4.49. The quantitative estimate of drug-likeness (QED) is 0.868. The van der Waals surface area contributed by atoms with Crippen molar-refractivity contribution in [2.45, 2.75) is 45.1 Å². The molecule has 0 saturated carbocycles. The number of pyridine rings is 1. The summed E-state index contributed by atoms with van der Waals surface area (Å²) in [5, 5.41) is 0. The predicted octanol–water partition coefficient (Wildman–Crippen LogP) is 2.35. The second kappa shape index (κ2) is 6.01. The number of piperidine rings is 1. The molecule has 2 N–H and O–H groups in total. The third-order valence-corrected chi connectivity index (χ3v) is 3.39. The molecule has 1 atom stereocenters. The highest BCUT2D eigenvalue weighted by Crippen LogP contribution is 2.22. The molecule has 1 saturated heterocycles. The molecule has 17 heavy (non-hydrogen) atoms. The molecule has 3 heteroatoms. The van der Waals surface area contributed by atoms with Crippen LogP contribution in [0.5, 0.6) is 0 Å². The van der Waals surface area contributed by atoms with Crippen molar-refractivity contribution in [2.75, 3.05) is 18.0 Å². The standard InChI is InChI=1S/C14H23N3/c1-12(15)7-8-13-6-5-9-16-14(13)17-10-3-2-4-11-17/h5-6,9,12H,2-4,7-8,10-11,15H2,1H3/t12-/m0/s1. The molecule has 0 aliphatic carbocycles. The second-order valence-electron chi connectivity index (χ2n) is 5.05. The summed E-state index contributed by atoms with van der Waals surface area (Å²) in [6.45, 7) is 4.38. The van der Waals surface area contributed by atoms with Gasteiger partial charge in [-0.25, -0.2) is 4.98 Å². The zero-order valence-corrected chi connectivity index (χ0v) is 10.7. The van der Waals surface area contributed by atoms with Crippen LogP contribution in [0.25, 0.3) is 0 Å². The van der Waals surface area contributed by atoms with Gasteiger partial charge in [0.1, 0.15) is 5.82 Å². The molecule has 1 aliphatic heterocycles. The fourth-order valence-corrected chi connectivity index (χ4v) is 2.40. The molecule has 1 aromatic rings. The fraction of sp³-hybridized carbons (Fsp3) is 0.643. The van der Waals surface area contributed by atoms with Crippen molar-refractivity contribution in [3.63, 3.8) is 0 Å². The van der Waals surface area contributed by atoms with E-state index in [1.165, 1.54) is 30.6 Å². The van der Waals surface area contributed by atoms with Crippen LogP contribution in [0.1, 0.15) is 38.2 Å². The minimum absolute atomic E-state index is 0.268. The summed E-state index contributed by atoms with van der Waals surface area (Å²) < 4.78 is 0. The Balaban J connectivity index is 2.09. The molecule has 0 amide bonds. The van der Waals surface area contributed by atoms with E-state index < -0.39 is 0 Å². The third kappa shape index (κ3) is 3.43. The van der Waals surface area contributed by atoms with E-state index >= 15 is 0 Å². The zero-order chi connectivity index (χ0) is 12.1. The molecule has 0 radical (unpaired) electrons. The second-order valence-corrected chi connectivity index (χ2v) is 5.05. The van der Waals surface area contributed by atoms with Gasteiger partial charge < -0.3 is 10.6 Å². The average molecular weight is 233 g/mol. The van der Waals surface area contributed by atoms with E-state index in [0.717, 1.165) is 25.9 Å². The van der Waals surface area contributed by atoms with Gasteiger partial charge in [-0.1, -0.05) is 6.07 Å².